The summed E-state index contributed by atoms with van der Waals surface area (Å²) in [4.78, 5) is 0.310. The van der Waals surface area contributed by atoms with Gasteiger partial charge in [0.15, 0.2) is 0 Å². The van der Waals surface area contributed by atoms with E-state index in [1.165, 1.54) is 13.2 Å². The fourth-order valence-electron chi connectivity index (χ4n) is 2.82. The van der Waals surface area contributed by atoms with Crippen molar-refractivity contribution in [1.82, 2.24) is 0 Å². The van der Waals surface area contributed by atoms with Gasteiger partial charge in [0.1, 0.15) is 5.75 Å². The van der Waals surface area contributed by atoms with Gasteiger partial charge in [-0.15, -0.1) is 0 Å². The summed E-state index contributed by atoms with van der Waals surface area (Å²) in [7, 11) is -2.29. The summed E-state index contributed by atoms with van der Waals surface area (Å²) in [6, 6.07) is 4.82. The van der Waals surface area contributed by atoms with Crippen LogP contribution < -0.4 is 9.46 Å². The van der Waals surface area contributed by atoms with Crippen molar-refractivity contribution in [3.63, 3.8) is 0 Å². The van der Waals surface area contributed by atoms with Crippen LogP contribution in [-0.2, 0) is 10.0 Å². The molecule has 6 heteroatoms. The maximum Gasteiger partial charge on any atom is 0.262 e. The van der Waals surface area contributed by atoms with E-state index in [-0.39, 0.29) is 0 Å². The van der Waals surface area contributed by atoms with Crippen LogP contribution >= 0.6 is 11.6 Å². The smallest absolute Gasteiger partial charge is 0.262 e. The van der Waals surface area contributed by atoms with E-state index in [0.717, 1.165) is 27.8 Å². The maximum absolute atomic E-state index is 13.0. The molecule has 1 N–H and O–H groups in total. The second-order valence-corrected chi connectivity index (χ2v) is 7.96. The summed E-state index contributed by atoms with van der Waals surface area (Å²) in [6.45, 7) is 9.55. The number of nitrogens with one attached hydrogen (secondary N) is 1. The lowest BCUT2D eigenvalue weighted by molar-refractivity contribution is 0.417. The Kier molecular flexibility index (Phi) is 5.16. The predicted molar refractivity (Wildman–Crippen MR) is 98.9 cm³/mol. The first-order valence-electron chi connectivity index (χ1n) is 7.53. The number of hydrogen-bond acceptors (Lipinski definition) is 3. The predicted octanol–water partition coefficient (Wildman–Crippen LogP) is 4.69. The van der Waals surface area contributed by atoms with Crippen molar-refractivity contribution in [3.8, 4) is 5.75 Å². The van der Waals surface area contributed by atoms with Gasteiger partial charge in [-0.05, 0) is 80.6 Å². The molecule has 0 spiro atoms. The molecule has 24 heavy (non-hydrogen) atoms. The van der Waals surface area contributed by atoms with Gasteiger partial charge in [0, 0.05) is 5.02 Å². The van der Waals surface area contributed by atoms with Crippen LogP contribution in [0.5, 0.6) is 5.75 Å². The van der Waals surface area contributed by atoms with Crippen LogP contribution in [-0.4, -0.2) is 15.5 Å². The first-order chi connectivity index (χ1) is 11.1. The van der Waals surface area contributed by atoms with Crippen molar-refractivity contribution < 1.29 is 13.2 Å². The Bertz CT molecular complexity index is 876. The minimum absolute atomic E-state index is 0.310. The molecular weight excluding hydrogens is 346 g/mol. The van der Waals surface area contributed by atoms with Crippen molar-refractivity contribution in [2.24, 2.45) is 0 Å². The number of benzene rings is 2. The molecule has 0 aliphatic carbocycles. The average molecular weight is 368 g/mol. The fourth-order valence-corrected chi connectivity index (χ4v) is 4.66. The number of hydrogen-bond donors (Lipinski definition) is 1. The lowest BCUT2D eigenvalue weighted by Crippen LogP contribution is -2.18. The SMILES string of the molecule is COc1ccc(Cl)cc1NS(=O)(=O)c1c(C)c(C)c(C)c(C)c1C. The lowest BCUT2D eigenvalue weighted by atomic mass is 9.95. The minimum Gasteiger partial charge on any atom is -0.495 e. The molecule has 0 amide bonds. The molecule has 0 radical (unpaired) electrons. The third-order valence-electron chi connectivity index (χ3n) is 4.61. The quantitative estimate of drug-likeness (QED) is 0.852. The second-order valence-electron chi connectivity index (χ2n) is 5.90. The van der Waals surface area contributed by atoms with E-state index >= 15 is 0 Å². The number of halogens is 1. The molecule has 2 aromatic rings. The van der Waals surface area contributed by atoms with E-state index < -0.39 is 10.0 Å². The molecule has 0 unspecified atom stereocenters. The van der Waals surface area contributed by atoms with Crippen LogP contribution in [0.1, 0.15) is 27.8 Å². The Hall–Kier alpha value is -1.72. The third kappa shape index (κ3) is 3.23. The number of methoxy groups -OCH3 is 1. The number of sulfonamides is 1. The molecule has 2 aromatic carbocycles. The molecule has 0 atom stereocenters. The summed E-state index contributed by atoms with van der Waals surface area (Å²) < 4.78 is 33.9. The highest BCUT2D eigenvalue weighted by Crippen LogP contribution is 2.34. The van der Waals surface area contributed by atoms with Crippen LogP contribution in [0.2, 0.25) is 5.02 Å². The molecular formula is C18H22ClNO3S. The molecule has 0 saturated carbocycles. The van der Waals surface area contributed by atoms with E-state index in [2.05, 4.69) is 4.72 Å². The summed E-state index contributed by atoms with van der Waals surface area (Å²) >= 11 is 5.99. The Labute approximate surface area is 148 Å². The Balaban J connectivity index is 2.64. The standard InChI is InChI=1S/C18H22ClNO3S/c1-10-11(2)13(4)18(14(5)12(10)3)24(21,22)20-16-9-15(19)7-8-17(16)23-6/h7-9,20H,1-6H3. The van der Waals surface area contributed by atoms with Gasteiger partial charge >= 0.3 is 0 Å². The minimum atomic E-state index is -3.77. The summed E-state index contributed by atoms with van der Waals surface area (Å²) in [6.07, 6.45) is 0. The summed E-state index contributed by atoms with van der Waals surface area (Å²) in [5.74, 6) is 0.416. The van der Waals surface area contributed by atoms with Gasteiger partial charge in [0.25, 0.3) is 10.0 Å². The van der Waals surface area contributed by atoms with E-state index in [9.17, 15) is 8.42 Å². The Morgan fingerprint density at radius 3 is 1.92 bits per heavy atom. The first-order valence-corrected chi connectivity index (χ1v) is 9.39. The second kappa shape index (κ2) is 6.65. The van der Waals surface area contributed by atoms with E-state index in [1.807, 2.05) is 34.6 Å². The molecule has 130 valence electrons. The number of ether oxygens (including phenoxy) is 1. The topological polar surface area (TPSA) is 55.4 Å². The van der Waals surface area contributed by atoms with Crippen LogP contribution in [0, 0.1) is 34.6 Å². The molecule has 2 rings (SSSR count). The average Bonchev–Trinajstić information content (AvgIpc) is 2.50. The molecule has 4 nitrogen and oxygen atoms in total. The largest absolute Gasteiger partial charge is 0.495 e. The van der Waals surface area contributed by atoms with Gasteiger partial charge in [0.05, 0.1) is 17.7 Å². The molecule has 0 fully saturated rings. The van der Waals surface area contributed by atoms with E-state index in [0.29, 0.717) is 21.4 Å². The molecule has 0 saturated heterocycles. The van der Waals surface area contributed by atoms with E-state index in [1.54, 1.807) is 12.1 Å². The Morgan fingerprint density at radius 1 is 0.917 bits per heavy atom. The zero-order valence-electron chi connectivity index (χ0n) is 14.7. The molecule has 0 heterocycles. The normalized spacial score (nSPS) is 11.5. The highest BCUT2D eigenvalue weighted by Gasteiger charge is 2.24. The van der Waals surface area contributed by atoms with Crippen molar-refractivity contribution in [2.45, 2.75) is 39.5 Å². The molecule has 0 aliphatic rings. The monoisotopic (exact) mass is 367 g/mol. The van der Waals surface area contributed by atoms with Gasteiger partial charge in [0.2, 0.25) is 0 Å². The highest BCUT2D eigenvalue weighted by molar-refractivity contribution is 7.92. The van der Waals surface area contributed by atoms with Gasteiger partial charge in [-0.25, -0.2) is 8.42 Å². The third-order valence-corrected chi connectivity index (χ3v) is 6.48. The van der Waals surface area contributed by atoms with E-state index in [4.69, 9.17) is 16.3 Å². The van der Waals surface area contributed by atoms with Gasteiger partial charge in [-0.1, -0.05) is 11.6 Å². The van der Waals surface area contributed by atoms with Crippen LogP contribution in [0.3, 0.4) is 0 Å². The molecule has 0 aliphatic heterocycles. The lowest BCUT2D eigenvalue weighted by Gasteiger charge is -2.20. The molecule has 0 aromatic heterocycles. The van der Waals surface area contributed by atoms with Gasteiger partial charge in [-0.2, -0.15) is 0 Å². The van der Waals surface area contributed by atoms with Gasteiger partial charge in [-0.3, -0.25) is 4.72 Å². The van der Waals surface area contributed by atoms with Crippen molar-refractivity contribution >= 4 is 27.3 Å². The van der Waals surface area contributed by atoms with Crippen molar-refractivity contribution in [1.29, 1.82) is 0 Å². The fraction of sp³-hybridized carbons (Fsp3) is 0.333. The van der Waals surface area contributed by atoms with Gasteiger partial charge < -0.3 is 4.74 Å². The first kappa shape index (κ1) is 18.6. The zero-order valence-corrected chi connectivity index (χ0v) is 16.3. The molecule has 0 bridgehead atoms. The summed E-state index contributed by atoms with van der Waals surface area (Å²) in [5, 5.41) is 0.429. The van der Waals surface area contributed by atoms with Crippen LogP contribution in [0.4, 0.5) is 5.69 Å². The Morgan fingerprint density at radius 2 is 1.42 bits per heavy atom. The van der Waals surface area contributed by atoms with Crippen molar-refractivity contribution in [2.75, 3.05) is 11.8 Å². The summed E-state index contributed by atoms with van der Waals surface area (Å²) in [5.41, 5.74) is 4.91. The maximum atomic E-state index is 13.0. The van der Waals surface area contributed by atoms with Crippen LogP contribution in [0.25, 0.3) is 0 Å². The van der Waals surface area contributed by atoms with Crippen molar-refractivity contribution in [3.05, 3.63) is 51.0 Å². The highest BCUT2D eigenvalue weighted by atomic mass is 35.5. The number of rotatable bonds is 4. The zero-order chi connectivity index (χ0) is 18.2. The van der Waals surface area contributed by atoms with Crippen LogP contribution in [0.15, 0.2) is 23.1 Å². The number of anilines is 1.